The highest BCUT2D eigenvalue weighted by Crippen LogP contribution is 2.30. The van der Waals surface area contributed by atoms with Crippen LogP contribution in [0, 0.1) is 0 Å². The molecular formula is C15H21BrN2O3S. The maximum Gasteiger partial charge on any atom is 0.244 e. The maximum absolute atomic E-state index is 12.8. The van der Waals surface area contributed by atoms with Crippen molar-refractivity contribution in [1.82, 2.24) is 10.2 Å². The van der Waals surface area contributed by atoms with Gasteiger partial charge >= 0.3 is 0 Å². The van der Waals surface area contributed by atoms with Crippen LogP contribution in [0.25, 0.3) is 0 Å². The molecule has 5 nitrogen and oxygen atoms in total. The SMILES string of the molecule is CN(Cc1ccc(Br)cc1)C(=O)C1(S(C)(=O)=O)CCNCC1. The molecule has 0 spiro atoms. The quantitative estimate of drug-likeness (QED) is 0.849. The van der Waals surface area contributed by atoms with Crippen LogP contribution in [0.2, 0.25) is 0 Å². The van der Waals surface area contributed by atoms with Gasteiger partial charge in [0, 0.05) is 24.3 Å². The molecule has 0 aliphatic carbocycles. The standard InChI is InChI=1S/C15H21BrN2O3S/c1-18(11-12-3-5-13(16)6-4-12)14(19)15(22(2,20)21)7-9-17-10-8-15/h3-6,17H,7-11H2,1-2H3. The lowest BCUT2D eigenvalue weighted by atomic mass is 9.95. The van der Waals surface area contributed by atoms with Gasteiger partial charge in [-0.05, 0) is 43.6 Å². The van der Waals surface area contributed by atoms with Gasteiger partial charge in [-0.3, -0.25) is 4.79 Å². The first-order valence-corrected chi connectivity index (χ1v) is 9.85. The van der Waals surface area contributed by atoms with E-state index in [2.05, 4.69) is 21.2 Å². The van der Waals surface area contributed by atoms with Crippen LogP contribution in [0.4, 0.5) is 0 Å². The second-order valence-electron chi connectivity index (χ2n) is 5.80. The molecule has 1 N–H and O–H groups in total. The minimum absolute atomic E-state index is 0.306. The summed E-state index contributed by atoms with van der Waals surface area (Å²) in [5.74, 6) is -0.306. The van der Waals surface area contributed by atoms with Crippen LogP contribution >= 0.6 is 15.9 Å². The van der Waals surface area contributed by atoms with E-state index in [0.29, 0.717) is 32.5 Å². The largest absolute Gasteiger partial charge is 0.340 e. The Balaban J connectivity index is 2.21. The predicted molar refractivity (Wildman–Crippen MR) is 90.3 cm³/mol. The molecule has 1 aliphatic heterocycles. The number of benzene rings is 1. The van der Waals surface area contributed by atoms with Crippen molar-refractivity contribution in [1.29, 1.82) is 0 Å². The molecule has 1 heterocycles. The molecule has 7 heteroatoms. The highest BCUT2D eigenvalue weighted by Gasteiger charge is 2.49. The Morgan fingerprint density at radius 1 is 1.27 bits per heavy atom. The van der Waals surface area contributed by atoms with Gasteiger partial charge in [0.1, 0.15) is 0 Å². The molecule has 0 bridgehead atoms. The number of nitrogens with zero attached hydrogens (tertiary/aromatic N) is 1. The summed E-state index contributed by atoms with van der Waals surface area (Å²) in [5, 5.41) is 3.12. The summed E-state index contributed by atoms with van der Waals surface area (Å²) in [5.41, 5.74) is 0.969. The van der Waals surface area contributed by atoms with E-state index in [1.54, 1.807) is 7.05 Å². The Hall–Kier alpha value is -0.920. The Bertz CT molecular complexity index is 637. The van der Waals surface area contributed by atoms with E-state index in [1.165, 1.54) is 11.2 Å². The lowest BCUT2D eigenvalue weighted by Crippen LogP contribution is -2.57. The van der Waals surface area contributed by atoms with Gasteiger partial charge in [0.2, 0.25) is 5.91 Å². The van der Waals surface area contributed by atoms with E-state index >= 15 is 0 Å². The first-order valence-electron chi connectivity index (χ1n) is 7.16. The Morgan fingerprint density at radius 3 is 2.32 bits per heavy atom. The molecule has 122 valence electrons. The number of carbonyl (C=O) groups is 1. The van der Waals surface area contributed by atoms with Crippen LogP contribution in [0.3, 0.4) is 0 Å². The lowest BCUT2D eigenvalue weighted by Gasteiger charge is -2.37. The highest BCUT2D eigenvalue weighted by molar-refractivity contribution is 9.10. The summed E-state index contributed by atoms with van der Waals surface area (Å²) in [6.07, 6.45) is 1.83. The van der Waals surface area contributed by atoms with Crippen molar-refractivity contribution in [2.75, 3.05) is 26.4 Å². The van der Waals surface area contributed by atoms with Crippen molar-refractivity contribution in [3.8, 4) is 0 Å². The molecule has 0 aromatic heterocycles. The zero-order valence-corrected chi connectivity index (χ0v) is 15.2. The van der Waals surface area contributed by atoms with Gasteiger partial charge in [-0.1, -0.05) is 28.1 Å². The van der Waals surface area contributed by atoms with Crippen molar-refractivity contribution in [2.24, 2.45) is 0 Å². The fourth-order valence-corrected chi connectivity index (χ4v) is 4.54. The number of nitrogens with one attached hydrogen (secondary N) is 1. The second kappa shape index (κ2) is 6.68. The molecule has 1 fully saturated rings. The normalized spacial score (nSPS) is 18.0. The van der Waals surface area contributed by atoms with Crippen molar-refractivity contribution in [2.45, 2.75) is 24.1 Å². The third-order valence-corrected chi connectivity index (χ3v) is 6.72. The van der Waals surface area contributed by atoms with E-state index in [0.717, 1.165) is 10.0 Å². The molecule has 1 aromatic rings. The number of carbonyl (C=O) groups excluding carboxylic acids is 1. The smallest absolute Gasteiger partial charge is 0.244 e. The first kappa shape index (κ1) is 17.4. The van der Waals surface area contributed by atoms with Crippen molar-refractivity contribution >= 4 is 31.7 Å². The summed E-state index contributed by atoms with van der Waals surface area (Å²) in [4.78, 5) is 14.4. The molecule has 1 amide bonds. The van der Waals surface area contributed by atoms with Crippen molar-refractivity contribution in [3.63, 3.8) is 0 Å². The van der Waals surface area contributed by atoms with Gasteiger partial charge in [-0.25, -0.2) is 8.42 Å². The van der Waals surface area contributed by atoms with Gasteiger partial charge in [0.05, 0.1) is 0 Å². The zero-order valence-electron chi connectivity index (χ0n) is 12.8. The average molecular weight is 389 g/mol. The molecule has 2 rings (SSSR count). The number of hydrogen-bond donors (Lipinski definition) is 1. The highest BCUT2D eigenvalue weighted by atomic mass is 79.9. The number of halogens is 1. The van der Waals surface area contributed by atoms with Crippen LogP contribution in [0.15, 0.2) is 28.7 Å². The van der Waals surface area contributed by atoms with E-state index in [1.807, 2.05) is 24.3 Å². The molecule has 22 heavy (non-hydrogen) atoms. The van der Waals surface area contributed by atoms with Crippen molar-refractivity contribution < 1.29 is 13.2 Å². The minimum Gasteiger partial charge on any atom is -0.340 e. The second-order valence-corrected chi connectivity index (χ2v) is 9.05. The third kappa shape index (κ3) is 3.52. The van der Waals surface area contributed by atoms with Crippen LogP contribution < -0.4 is 5.32 Å². The summed E-state index contributed by atoms with van der Waals surface area (Å²) in [7, 11) is -1.80. The minimum atomic E-state index is -3.47. The summed E-state index contributed by atoms with van der Waals surface area (Å²) in [6.45, 7) is 1.49. The monoisotopic (exact) mass is 388 g/mol. The van der Waals surface area contributed by atoms with Crippen LogP contribution in [0.1, 0.15) is 18.4 Å². The summed E-state index contributed by atoms with van der Waals surface area (Å²) < 4.78 is 24.2. The zero-order chi connectivity index (χ0) is 16.4. The lowest BCUT2D eigenvalue weighted by molar-refractivity contribution is -0.134. The molecule has 1 aliphatic rings. The first-order chi connectivity index (χ1) is 10.3. The van der Waals surface area contributed by atoms with Crippen LogP contribution in [0.5, 0.6) is 0 Å². The Labute approximate surface area is 140 Å². The molecule has 0 radical (unpaired) electrons. The van der Waals surface area contributed by atoms with E-state index in [9.17, 15) is 13.2 Å². The molecule has 1 aromatic carbocycles. The van der Waals surface area contributed by atoms with Gasteiger partial charge in [-0.2, -0.15) is 0 Å². The van der Waals surface area contributed by atoms with Gasteiger partial charge < -0.3 is 10.2 Å². The predicted octanol–water partition coefficient (Wildman–Crippen LogP) is 1.57. The number of amides is 1. The Kier molecular flexibility index (Phi) is 5.29. The number of hydrogen-bond acceptors (Lipinski definition) is 4. The Morgan fingerprint density at radius 2 is 1.82 bits per heavy atom. The van der Waals surface area contributed by atoms with Crippen LogP contribution in [-0.2, 0) is 21.2 Å². The van der Waals surface area contributed by atoms with E-state index in [-0.39, 0.29) is 5.91 Å². The average Bonchev–Trinajstić information content (AvgIpc) is 2.48. The van der Waals surface area contributed by atoms with E-state index < -0.39 is 14.6 Å². The molecular weight excluding hydrogens is 368 g/mol. The molecule has 0 atom stereocenters. The summed E-state index contributed by atoms with van der Waals surface area (Å²) in [6, 6.07) is 7.65. The maximum atomic E-state index is 12.8. The topological polar surface area (TPSA) is 66.5 Å². The molecule has 0 unspecified atom stereocenters. The molecule has 1 saturated heterocycles. The fourth-order valence-electron chi connectivity index (χ4n) is 2.86. The number of piperidine rings is 1. The van der Waals surface area contributed by atoms with E-state index in [4.69, 9.17) is 0 Å². The summed E-state index contributed by atoms with van der Waals surface area (Å²) >= 11 is 3.37. The molecule has 0 saturated carbocycles. The third-order valence-electron chi connectivity index (χ3n) is 4.19. The number of rotatable bonds is 4. The van der Waals surface area contributed by atoms with Gasteiger partial charge in [0.15, 0.2) is 14.6 Å². The van der Waals surface area contributed by atoms with Gasteiger partial charge in [0.25, 0.3) is 0 Å². The number of sulfone groups is 1. The fraction of sp³-hybridized carbons (Fsp3) is 0.533. The van der Waals surface area contributed by atoms with Crippen molar-refractivity contribution in [3.05, 3.63) is 34.3 Å². The van der Waals surface area contributed by atoms with Gasteiger partial charge in [-0.15, -0.1) is 0 Å². The van der Waals surface area contributed by atoms with Crippen LogP contribution in [-0.4, -0.2) is 50.4 Å².